The van der Waals surface area contributed by atoms with E-state index in [0.29, 0.717) is 16.7 Å². The van der Waals surface area contributed by atoms with Crippen molar-refractivity contribution >= 4 is 16.9 Å². The molecule has 0 aliphatic rings. The molecule has 0 saturated heterocycles. The Balaban J connectivity index is 1.53. The molecule has 0 N–H and O–H groups in total. The average molecular weight is 359 g/mol. The fourth-order valence-corrected chi connectivity index (χ4v) is 2.96. The Morgan fingerprint density at radius 3 is 2.52 bits per heavy atom. The van der Waals surface area contributed by atoms with Gasteiger partial charge in [-0.05, 0) is 55.0 Å². The summed E-state index contributed by atoms with van der Waals surface area (Å²) in [5.41, 5.74) is 3.05. The number of hydrogen-bond acceptors (Lipinski definition) is 4. The Morgan fingerprint density at radius 2 is 1.78 bits per heavy atom. The molecular formula is C22H17NO4. The van der Waals surface area contributed by atoms with Crippen LogP contribution in [0.3, 0.4) is 0 Å². The van der Waals surface area contributed by atoms with Crippen LogP contribution in [0.25, 0.3) is 16.7 Å². The second kappa shape index (κ2) is 6.96. The van der Waals surface area contributed by atoms with Crippen LogP contribution in [0.5, 0.6) is 0 Å². The SMILES string of the molecule is Cc1ccc2c(COC(=O)c3ccc(-n4cccc4)cc3)cc(=O)oc2c1. The van der Waals surface area contributed by atoms with Crippen LogP contribution >= 0.6 is 0 Å². The number of carbonyl (C=O) groups excluding carboxylic acids is 1. The standard InChI is InChI=1S/C22H17NO4/c1-15-4-9-19-17(13-21(24)27-20(19)12-15)14-26-22(25)16-5-7-18(8-6-16)23-10-2-3-11-23/h2-13H,14H2,1H3. The molecule has 0 bridgehead atoms. The van der Waals surface area contributed by atoms with Gasteiger partial charge in [-0.15, -0.1) is 0 Å². The van der Waals surface area contributed by atoms with Crippen LogP contribution in [0.15, 0.2) is 82.3 Å². The Kier molecular flexibility index (Phi) is 4.34. The summed E-state index contributed by atoms with van der Waals surface area (Å²) in [6.07, 6.45) is 3.86. The van der Waals surface area contributed by atoms with E-state index in [1.807, 2.05) is 60.3 Å². The van der Waals surface area contributed by atoms with Crippen LogP contribution < -0.4 is 5.63 Å². The molecule has 2 aromatic heterocycles. The van der Waals surface area contributed by atoms with E-state index in [4.69, 9.17) is 9.15 Å². The lowest BCUT2D eigenvalue weighted by Crippen LogP contribution is -2.08. The molecule has 0 radical (unpaired) electrons. The first-order chi connectivity index (χ1) is 13.1. The van der Waals surface area contributed by atoms with Crippen molar-refractivity contribution in [1.29, 1.82) is 0 Å². The van der Waals surface area contributed by atoms with Crippen molar-refractivity contribution in [2.24, 2.45) is 0 Å². The van der Waals surface area contributed by atoms with Gasteiger partial charge in [-0.2, -0.15) is 0 Å². The normalized spacial score (nSPS) is 10.9. The topological polar surface area (TPSA) is 61.4 Å². The van der Waals surface area contributed by atoms with Crippen molar-refractivity contribution in [3.63, 3.8) is 0 Å². The van der Waals surface area contributed by atoms with E-state index in [9.17, 15) is 9.59 Å². The lowest BCUT2D eigenvalue weighted by atomic mass is 10.1. The maximum atomic E-state index is 12.4. The third-order valence-electron chi connectivity index (χ3n) is 4.35. The Bertz CT molecular complexity index is 1160. The minimum atomic E-state index is -0.463. The minimum absolute atomic E-state index is 0.00332. The predicted octanol–water partition coefficient (Wildman–Crippen LogP) is 4.25. The zero-order valence-corrected chi connectivity index (χ0v) is 14.7. The number of fused-ring (bicyclic) bond motifs is 1. The van der Waals surface area contributed by atoms with Crippen molar-refractivity contribution < 1.29 is 13.9 Å². The number of ether oxygens (including phenoxy) is 1. The summed E-state index contributed by atoms with van der Waals surface area (Å²) in [5.74, 6) is -0.442. The molecule has 4 rings (SSSR count). The summed E-state index contributed by atoms with van der Waals surface area (Å²) in [4.78, 5) is 24.1. The third kappa shape index (κ3) is 3.53. The second-order valence-corrected chi connectivity index (χ2v) is 6.30. The molecule has 27 heavy (non-hydrogen) atoms. The van der Waals surface area contributed by atoms with Crippen LogP contribution in [0.2, 0.25) is 0 Å². The summed E-state index contributed by atoms with van der Waals surface area (Å²) in [6, 6.07) is 18.0. The van der Waals surface area contributed by atoms with E-state index < -0.39 is 11.6 Å². The van der Waals surface area contributed by atoms with E-state index in [1.165, 1.54) is 6.07 Å². The van der Waals surface area contributed by atoms with Gasteiger partial charge in [0.25, 0.3) is 0 Å². The molecular weight excluding hydrogens is 342 g/mol. The van der Waals surface area contributed by atoms with Gasteiger partial charge in [0.1, 0.15) is 12.2 Å². The number of rotatable bonds is 4. The third-order valence-corrected chi connectivity index (χ3v) is 4.35. The monoisotopic (exact) mass is 359 g/mol. The fourth-order valence-electron chi connectivity index (χ4n) is 2.96. The molecule has 0 atom stereocenters. The van der Waals surface area contributed by atoms with Crippen LogP contribution in [0.1, 0.15) is 21.5 Å². The quantitative estimate of drug-likeness (QED) is 0.404. The summed E-state index contributed by atoms with van der Waals surface area (Å²) < 4.78 is 12.6. The Morgan fingerprint density at radius 1 is 1.04 bits per heavy atom. The van der Waals surface area contributed by atoms with Gasteiger partial charge in [-0.3, -0.25) is 0 Å². The molecule has 0 spiro atoms. The van der Waals surface area contributed by atoms with Crippen LogP contribution in [0, 0.1) is 6.92 Å². The van der Waals surface area contributed by atoms with Crippen LogP contribution in [-0.4, -0.2) is 10.5 Å². The highest BCUT2D eigenvalue weighted by Crippen LogP contribution is 2.20. The van der Waals surface area contributed by atoms with Crippen molar-refractivity contribution in [1.82, 2.24) is 4.57 Å². The Hall–Kier alpha value is -3.60. The van der Waals surface area contributed by atoms with Crippen LogP contribution in [0.4, 0.5) is 0 Å². The first kappa shape index (κ1) is 16.8. The van der Waals surface area contributed by atoms with Crippen molar-refractivity contribution in [2.45, 2.75) is 13.5 Å². The summed E-state index contributed by atoms with van der Waals surface area (Å²) in [5, 5.41) is 0.760. The summed E-state index contributed by atoms with van der Waals surface area (Å²) in [6.45, 7) is 1.92. The highest BCUT2D eigenvalue weighted by atomic mass is 16.5. The van der Waals surface area contributed by atoms with Gasteiger partial charge in [-0.25, -0.2) is 9.59 Å². The first-order valence-electron chi connectivity index (χ1n) is 8.54. The summed E-state index contributed by atoms with van der Waals surface area (Å²) in [7, 11) is 0. The molecule has 0 aliphatic carbocycles. The van der Waals surface area contributed by atoms with Gasteiger partial charge < -0.3 is 13.7 Å². The van der Waals surface area contributed by atoms with Crippen molar-refractivity contribution in [2.75, 3.05) is 0 Å². The molecule has 134 valence electrons. The van der Waals surface area contributed by atoms with Crippen molar-refractivity contribution in [3.8, 4) is 5.69 Å². The molecule has 0 saturated carbocycles. The molecule has 0 aliphatic heterocycles. The van der Waals surface area contributed by atoms with E-state index in [-0.39, 0.29) is 6.61 Å². The van der Waals surface area contributed by atoms with Crippen molar-refractivity contribution in [3.05, 3.63) is 100 Å². The molecule has 5 nitrogen and oxygen atoms in total. The Labute approximate surface area is 155 Å². The second-order valence-electron chi connectivity index (χ2n) is 6.30. The minimum Gasteiger partial charge on any atom is -0.457 e. The van der Waals surface area contributed by atoms with Gasteiger partial charge in [0, 0.05) is 35.1 Å². The van der Waals surface area contributed by atoms with E-state index in [0.717, 1.165) is 16.6 Å². The van der Waals surface area contributed by atoms with Gasteiger partial charge in [0.2, 0.25) is 0 Å². The predicted molar refractivity (Wildman–Crippen MR) is 102 cm³/mol. The fraction of sp³-hybridized carbons (Fsp3) is 0.0909. The number of benzene rings is 2. The van der Waals surface area contributed by atoms with Gasteiger partial charge in [-0.1, -0.05) is 12.1 Å². The van der Waals surface area contributed by atoms with Gasteiger partial charge >= 0.3 is 11.6 Å². The number of carbonyl (C=O) groups is 1. The largest absolute Gasteiger partial charge is 0.457 e. The van der Waals surface area contributed by atoms with Gasteiger partial charge in [0.15, 0.2) is 0 Å². The number of aryl methyl sites for hydroxylation is 1. The van der Waals surface area contributed by atoms with Gasteiger partial charge in [0.05, 0.1) is 5.56 Å². The highest BCUT2D eigenvalue weighted by Gasteiger charge is 2.11. The number of nitrogens with zero attached hydrogens (tertiary/aromatic N) is 1. The van der Waals surface area contributed by atoms with Crippen LogP contribution in [-0.2, 0) is 11.3 Å². The lowest BCUT2D eigenvalue weighted by Gasteiger charge is -2.08. The summed E-state index contributed by atoms with van der Waals surface area (Å²) >= 11 is 0. The molecule has 0 unspecified atom stereocenters. The van der Waals surface area contributed by atoms with E-state index in [2.05, 4.69) is 0 Å². The smallest absolute Gasteiger partial charge is 0.338 e. The lowest BCUT2D eigenvalue weighted by molar-refractivity contribution is 0.0474. The zero-order chi connectivity index (χ0) is 18.8. The molecule has 0 amide bonds. The average Bonchev–Trinajstić information content (AvgIpc) is 3.20. The number of esters is 1. The molecule has 0 fully saturated rings. The molecule has 4 aromatic rings. The number of hydrogen-bond donors (Lipinski definition) is 0. The molecule has 2 heterocycles. The zero-order valence-electron chi connectivity index (χ0n) is 14.7. The molecule has 5 heteroatoms. The number of aromatic nitrogens is 1. The maximum Gasteiger partial charge on any atom is 0.338 e. The molecule has 2 aromatic carbocycles. The van der Waals surface area contributed by atoms with E-state index in [1.54, 1.807) is 18.2 Å². The first-order valence-corrected chi connectivity index (χ1v) is 8.54. The highest BCUT2D eigenvalue weighted by molar-refractivity contribution is 5.90. The van der Waals surface area contributed by atoms with E-state index >= 15 is 0 Å². The maximum absolute atomic E-state index is 12.4.